The first-order valence-corrected chi connectivity index (χ1v) is 14.0. The maximum atomic E-state index is 11.6. The predicted molar refractivity (Wildman–Crippen MR) is 151 cm³/mol. The second kappa shape index (κ2) is 16.1. The van der Waals surface area contributed by atoms with E-state index < -0.39 is 0 Å². The highest BCUT2D eigenvalue weighted by molar-refractivity contribution is 5.72. The zero-order valence-corrected chi connectivity index (χ0v) is 24.6. The number of carbonyl (C=O) groups is 1. The number of benzene rings is 1. The molecule has 0 N–H and O–H groups in total. The second-order valence-corrected chi connectivity index (χ2v) is 11.4. The molecule has 3 nitrogen and oxygen atoms in total. The fourth-order valence-electron chi connectivity index (χ4n) is 5.06. The highest BCUT2D eigenvalue weighted by atomic mass is 16.5. The Balaban J connectivity index is 2.55. The van der Waals surface area contributed by atoms with Crippen LogP contribution in [0, 0.1) is 38.5 Å². The van der Waals surface area contributed by atoms with Crippen molar-refractivity contribution in [3.63, 3.8) is 0 Å². The molecule has 0 aliphatic carbocycles. The van der Waals surface area contributed by atoms with Crippen LogP contribution in [-0.4, -0.2) is 13.1 Å². The molecule has 200 valence electrons. The number of allylic oxidation sites excluding steroid dienone is 2. The number of methoxy groups -OCH3 is 1. The van der Waals surface area contributed by atoms with Gasteiger partial charge in [0, 0.05) is 12.5 Å². The van der Waals surface area contributed by atoms with Crippen molar-refractivity contribution in [2.45, 2.75) is 127 Å². The Bertz CT molecular complexity index is 819. The Morgan fingerprint density at radius 2 is 1.29 bits per heavy atom. The van der Waals surface area contributed by atoms with Gasteiger partial charge in [0.25, 0.3) is 0 Å². The lowest BCUT2D eigenvalue weighted by Gasteiger charge is -2.20. The van der Waals surface area contributed by atoms with Crippen LogP contribution in [-0.2, 0) is 11.2 Å². The number of esters is 1. The standard InChI is InChI=1S/C32H54O3/c1-22(2)14-11-15-23(3)16-12-17-24(4)18-13-19-25(5)20-21-30-28(8)31(35-29(9)33)26(6)27(7)32(30)34-10/h20,22-24H,11-19,21H2,1-10H3. The summed E-state index contributed by atoms with van der Waals surface area (Å²) in [5.74, 6) is 3.82. The second-order valence-electron chi connectivity index (χ2n) is 11.4. The average Bonchev–Trinajstić information content (AvgIpc) is 2.77. The molecule has 0 amide bonds. The minimum atomic E-state index is -0.284. The number of rotatable bonds is 16. The summed E-state index contributed by atoms with van der Waals surface area (Å²) in [5.41, 5.74) is 5.54. The molecule has 3 heteroatoms. The molecule has 0 aromatic heterocycles. The monoisotopic (exact) mass is 486 g/mol. The van der Waals surface area contributed by atoms with E-state index in [1.54, 1.807) is 7.11 Å². The van der Waals surface area contributed by atoms with Gasteiger partial charge in [0.05, 0.1) is 7.11 Å². The fourth-order valence-corrected chi connectivity index (χ4v) is 5.06. The lowest BCUT2D eigenvalue weighted by molar-refractivity contribution is -0.131. The topological polar surface area (TPSA) is 35.5 Å². The Morgan fingerprint density at radius 1 is 0.771 bits per heavy atom. The van der Waals surface area contributed by atoms with Crippen molar-refractivity contribution < 1.29 is 14.3 Å². The predicted octanol–water partition coefficient (Wildman–Crippen LogP) is 9.47. The minimum absolute atomic E-state index is 0.284. The molecule has 35 heavy (non-hydrogen) atoms. The number of hydrogen-bond acceptors (Lipinski definition) is 3. The largest absolute Gasteiger partial charge is 0.496 e. The normalized spacial score (nSPS) is 13.7. The highest BCUT2D eigenvalue weighted by Crippen LogP contribution is 2.38. The van der Waals surface area contributed by atoms with E-state index in [-0.39, 0.29) is 5.97 Å². The third-order valence-electron chi connectivity index (χ3n) is 7.56. The quantitative estimate of drug-likeness (QED) is 0.133. The Kier molecular flexibility index (Phi) is 14.4. The summed E-state index contributed by atoms with van der Waals surface area (Å²) in [7, 11) is 1.72. The smallest absolute Gasteiger partial charge is 0.308 e. The molecule has 1 rings (SSSR count). The molecule has 0 spiro atoms. The van der Waals surface area contributed by atoms with E-state index in [0.717, 1.165) is 58.6 Å². The van der Waals surface area contributed by atoms with Crippen molar-refractivity contribution >= 4 is 5.97 Å². The maximum absolute atomic E-state index is 11.6. The van der Waals surface area contributed by atoms with Crippen LogP contribution in [0.3, 0.4) is 0 Å². The van der Waals surface area contributed by atoms with Gasteiger partial charge in [-0.3, -0.25) is 4.79 Å². The number of carbonyl (C=O) groups excluding carboxylic acids is 1. The van der Waals surface area contributed by atoms with E-state index in [1.807, 2.05) is 20.8 Å². The SMILES string of the molecule is COc1c(C)c(C)c(OC(C)=O)c(C)c1CC=C(C)CCCC(C)CCCC(C)CCCC(C)C. The lowest BCUT2D eigenvalue weighted by atomic mass is 9.91. The summed E-state index contributed by atoms with van der Waals surface area (Å²) in [6.45, 7) is 19.2. The van der Waals surface area contributed by atoms with Crippen LogP contribution >= 0.6 is 0 Å². The molecule has 1 aromatic carbocycles. The first-order valence-electron chi connectivity index (χ1n) is 14.0. The van der Waals surface area contributed by atoms with Gasteiger partial charge in [0.15, 0.2) is 0 Å². The first kappa shape index (κ1) is 31.3. The average molecular weight is 487 g/mol. The van der Waals surface area contributed by atoms with Gasteiger partial charge in [-0.1, -0.05) is 84.3 Å². The summed E-state index contributed by atoms with van der Waals surface area (Å²) >= 11 is 0. The zero-order valence-electron chi connectivity index (χ0n) is 24.6. The van der Waals surface area contributed by atoms with Crippen LogP contribution in [0.2, 0.25) is 0 Å². The molecule has 2 atom stereocenters. The van der Waals surface area contributed by atoms with Crippen LogP contribution in [0.4, 0.5) is 0 Å². The summed E-state index contributed by atoms with van der Waals surface area (Å²) in [6.07, 6.45) is 15.1. The summed E-state index contributed by atoms with van der Waals surface area (Å²) in [6, 6.07) is 0. The van der Waals surface area contributed by atoms with Crippen LogP contribution in [0.1, 0.15) is 122 Å². The van der Waals surface area contributed by atoms with E-state index in [9.17, 15) is 4.79 Å². The number of hydrogen-bond donors (Lipinski definition) is 0. The minimum Gasteiger partial charge on any atom is -0.496 e. The van der Waals surface area contributed by atoms with Crippen LogP contribution in [0.15, 0.2) is 11.6 Å². The van der Waals surface area contributed by atoms with Gasteiger partial charge in [-0.05, 0) is 81.4 Å². The molecule has 0 radical (unpaired) electrons. The van der Waals surface area contributed by atoms with Crippen LogP contribution < -0.4 is 9.47 Å². The van der Waals surface area contributed by atoms with E-state index in [2.05, 4.69) is 40.7 Å². The highest BCUT2D eigenvalue weighted by Gasteiger charge is 2.19. The third-order valence-corrected chi connectivity index (χ3v) is 7.56. The molecule has 2 unspecified atom stereocenters. The van der Waals surface area contributed by atoms with Gasteiger partial charge in [-0.2, -0.15) is 0 Å². The molecule has 0 heterocycles. The van der Waals surface area contributed by atoms with Crippen molar-refractivity contribution in [3.05, 3.63) is 33.9 Å². The van der Waals surface area contributed by atoms with Gasteiger partial charge < -0.3 is 9.47 Å². The first-order chi connectivity index (χ1) is 16.5. The Labute approximate surface area is 217 Å². The van der Waals surface area contributed by atoms with Gasteiger partial charge >= 0.3 is 5.97 Å². The maximum Gasteiger partial charge on any atom is 0.308 e. The molecule has 1 aromatic rings. The molecule has 0 aliphatic rings. The summed E-state index contributed by atoms with van der Waals surface area (Å²) < 4.78 is 11.3. The van der Waals surface area contributed by atoms with Crippen molar-refractivity contribution in [3.8, 4) is 11.5 Å². The lowest BCUT2D eigenvalue weighted by Crippen LogP contribution is -2.09. The van der Waals surface area contributed by atoms with E-state index in [1.165, 1.54) is 63.9 Å². The number of ether oxygens (including phenoxy) is 2. The van der Waals surface area contributed by atoms with Crippen molar-refractivity contribution in [2.24, 2.45) is 17.8 Å². The van der Waals surface area contributed by atoms with Gasteiger partial charge in [0.1, 0.15) is 11.5 Å². The molecule has 0 aliphatic heterocycles. The van der Waals surface area contributed by atoms with Crippen molar-refractivity contribution in [1.82, 2.24) is 0 Å². The molecule has 0 saturated carbocycles. The Hall–Kier alpha value is -1.77. The molecule has 0 saturated heterocycles. The van der Waals surface area contributed by atoms with Crippen molar-refractivity contribution in [2.75, 3.05) is 7.11 Å². The third kappa shape index (κ3) is 11.2. The van der Waals surface area contributed by atoms with E-state index in [4.69, 9.17) is 9.47 Å². The molecular weight excluding hydrogens is 432 g/mol. The van der Waals surface area contributed by atoms with E-state index in [0.29, 0.717) is 5.75 Å². The molecule has 0 bridgehead atoms. The molecule has 0 fully saturated rings. The van der Waals surface area contributed by atoms with Crippen LogP contribution in [0.25, 0.3) is 0 Å². The molecular formula is C32H54O3. The van der Waals surface area contributed by atoms with Gasteiger partial charge in [-0.15, -0.1) is 0 Å². The fraction of sp³-hybridized carbons (Fsp3) is 0.719. The van der Waals surface area contributed by atoms with E-state index >= 15 is 0 Å². The zero-order chi connectivity index (χ0) is 26.5. The van der Waals surface area contributed by atoms with Crippen molar-refractivity contribution in [1.29, 1.82) is 0 Å². The summed E-state index contributed by atoms with van der Waals surface area (Å²) in [5, 5.41) is 0. The summed E-state index contributed by atoms with van der Waals surface area (Å²) in [4.78, 5) is 11.6. The van der Waals surface area contributed by atoms with Crippen LogP contribution in [0.5, 0.6) is 11.5 Å². The van der Waals surface area contributed by atoms with Gasteiger partial charge in [-0.25, -0.2) is 0 Å². The Morgan fingerprint density at radius 3 is 1.80 bits per heavy atom. The van der Waals surface area contributed by atoms with Gasteiger partial charge in [0.2, 0.25) is 0 Å².